The van der Waals surface area contributed by atoms with Gasteiger partial charge in [0.1, 0.15) is 0 Å². The minimum Gasteiger partial charge on any atom is -0.396 e. The van der Waals surface area contributed by atoms with Crippen molar-refractivity contribution in [3.8, 4) is 0 Å². The molecule has 2 heteroatoms. The van der Waals surface area contributed by atoms with E-state index in [-0.39, 0.29) is 0 Å². The van der Waals surface area contributed by atoms with Gasteiger partial charge in [0, 0.05) is 13.0 Å². The molecule has 0 radical (unpaired) electrons. The molecule has 1 atom stereocenters. The molecular weight excluding hydrogens is 90.1 g/mol. The molecule has 0 fully saturated rings. The summed E-state index contributed by atoms with van der Waals surface area (Å²) in [5.41, 5.74) is 3.76. The highest BCUT2D eigenvalue weighted by Gasteiger charge is 1.93. The molecule has 0 rings (SSSR count). The molecule has 0 heterocycles. The summed E-state index contributed by atoms with van der Waals surface area (Å²) in [7, 11) is 0. The molecule has 0 bridgehead atoms. The van der Waals surface area contributed by atoms with Gasteiger partial charge in [-0.3, -0.25) is 0 Å². The van der Waals surface area contributed by atoms with E-state index in [1.54, 1.807) is 0 Å². The fourth-order valence-corrected chi connectivity index (χ4v) is 0.440. The molecule has 0 saturated carbocycles. The normalized spacial score (nSPS) is 14.1. The zero-order valence-corrected chi connectivity index (χ0v) is 4.85. The Morgan fingerprint density at radius 1 is 1.71 bits per heavy atom. The largest absolute Gasteiger partial charge is 0.396 e. The number of rotatable bonds is 3. The predicted octanol–water partition coefficient (Wildman–Crippen LogP) is -0.611. The lowest BCUT2D eigenvalue weighted by atomic mass is 10.2. The van der Waals surface area contributed by atoms with Crippen LogP contribution >= 0.6 is 0 Å². The van der Waals surface area contributed by atoms with Crippen molar-refractivity contribution in [2.45, 2.75) is 25.8 Å². The quantitative estimate of drug-likeness (QED) is 0.493. The van der Waals surface area contributed by atoms with Crippen LogP contribution in [0.3, 0.4) is 0 Å². The van der Waals surface area contributed by atoms with Crippen LogP contribution in [0.2, 0.25) is 0 Å². The van der Waals surface area contributed by atoms with Crippen molar-refractivity contribution in [1.29, 1.82) is 0 Å². The van der Waals surface area contributed by atoms with Crippen LogP contribution in [0.15, 0.2) is 0 Å². The Morgan fingerprint density at radius 2 is 2.29 bits per heavy atom. The van der Waals surface area contributed by atoms with Crippen LogP contribution in [0, 0.1) is 0 Å². The first-order chi connectivity index (χ1) is 3.27. The first-order valence-electron chi connectivity index (χ1n) is 2.71. The van der Waals surface area contributed by atoms with Gasteiger partial charge in [0.2, 0.25) is 0 Å². The van der Waals surface area contributed by atoms with Crippen LogP contribution in [0.4, 0.5) is 0 Å². The van der Waals surface area contributed by atoms with Gasteiger partial charge >= 0.3 is 0 Å². The number of hydrogen-bond acceptors (Lipinski definition) is 1. The van der Waals surface area contributed by atoms with Gasteiger partial charge in [-0.2, -0.15) is 0 Å². The Hall–Kier alpha value is -0.0800. The van der Waals surface area contributed by atoms with Crippen molar-refractivity contribution in [2.75, 3.05) is 6.61 Å². The third kappa shape index (κ3) is 5.92. The predicted molar refractivity (Wildman–Crippen MR) is 28.7 cm³/mol. The number of aliphatic hydroxyl groups excluding tert-OH is 1. The lowest BCUT2D eigenvalue weighted by Gasteiger charge is -1.95. The molecule has 7 heavy (non-hydrogen) atoms. The maximum atomic E-state index is 8.29. The van der Waals surface area contributed by atoms with E-state index < -0.39 is 0 Å². The summed E-state index contributed by atoms with van der Waals surface area (Å²) in [5.74, 6) is 0. The lowest BCUT2D eigenvalue weighted by Crippen LogP contribution is -2.58. The average molecular weight is 104 g/mol. The minimum atomic E-state index is 0.305. The van der Waals surface area contributed by atoms with E-state index in [1.165, 1.54) is 0 Å². The van der Waals surface area contributed by atoms with Crippen molar-refractivity contribution in [1.82, 2.24) is 0 Å². The van der Waals surface area contributed by atoms with Crippen LogP contribution in [0.25, 0.3) is 0 Å². The maximum absolute atomic E-state index is 8.29. The van der Waals surface area contributed by atoms with E-state index in [9.17, 15) is 0 Å². The van der Waals surface area contributed by atoms with Gasteiger partial charge in [-0.1, -0.05) is 0 Å². The zero-order chi connectivity index (χ0) is 5.70. The molecule has 0 aliphatic heterocycles. The van der Waals surface area contributed by atoms with Gasteiger partial charge in [-0.15, -0.1) is 0 Å². The molecule has 0 saturated heterocycles. The Morgan fingerprint density at radius 3 is 2.43 bits per heavy atom. The molecule has 44 valence electrons. The molecule has 0 spiro atoms. The highest BCUT2D eigenvalue weighted by Crippen LogP contribution is 1.87. The van der Waals surface area contributed by atoms with Gasteiger partial charge < -0.3 is 10.8 Å². The molecule has 1 unspecified atom stereocenters. The molecule has 0 aromatic heterocycles. The molecule has 0 aromatic carbocycles. The summed E-state index contributed by atoms with van der Waals surface area (Å²) < 4.78 is 0. The summed E-state index contributed by atoms with van der Waals surface area (Å²) in [6.45, 7) is 2.36. The van der Waals surface area contributed by atoms with E-state index in [1.807, 2.05) is 0 Å². The maximum Gasteiger partial charge on any atom is 0.0815 e. The Labute approximate surface area is 44.3 Å². The summed E-state index contributed by atoms with van der Waals surface area (Å²) in [5, 5.41) is 8.29. The summed E-state index contributed by atoms with van der Waals surface area (Å²) in [6, 6.07) is 0.493. The molecule has 0 aliphatic rings. The second-order valence-corrected chi connectivity index (χ2v) is 1.97. The van der Waals surface area contributed by atoms with Crippen LogP contribution in [0.5, 0.6) is 0 Å². The van der Waals surface area contributed by atoms with Crippen LogP contribution < -0.4 is 5.73 Å². The van der Waals surface area contributed by atoms with Gasteiger partial charge in [0.25, 0.3) is 0 Å². The first kappa shape index (κ1) is 6.92. The van der Waals surface area contributed by atoms with Crippen molar-refractivity contribution in [2.24, 2.45) is 0 Å². The smallest absolute Gasteiger partial charge is 0.0815 e. The molecular formula is C5H14NO+. The second-order valence-electron chi connectivity index (χ2n) is 1.97. The van der Waals surface area contributed by atoms with Crippen LogP contribution in [0.1, 0.15) is 19.8 Å². The van der Waals surface area contributed by atoms with Gasteiger partial charge in [-0.25, -0.2) is 0 Å². The highest BCUT2D eigenvalue weighted by atomic mass is 16.2. The van der Waals surface area contributed by atoms with E-state index in [0.29, 0.717) is 12.6 Å². The summed E-state index contributed by atoms with van der Waals surface area (Å²) in [4.78, 5) is 0. The van der Waals surface area contributed by atoms with Gasteiger partial charge in [0.05, 0.1) is 6.04 Å². The van der Waals surface area contributed by atoms with Crippen molar-refractivity contribution in [3.63, 3.8) is 0 Å². The van der Waals surface area contributed by atoms with Gasteiger partial charge in [-0.05, 0) is 13.3 Å². The fraction of sp³-hybridized carbons (Fsp3) is 1.00. The van der Waals surface area contributed by atoms with Crippen LogP contribution in [-0.2, 0) is 0 Å². The monoisotopic (exact) mass is 104 g/mol. The van der Waals surface area contributed by atoms with Crippen molar-refractivity contribution < 1.29 is 10.8 Å². The van der Waals surface area contributed by atoms with Crippen molar-refractivity contribution >= 4 is 0 Å². The number of quaternary nitrogens is 1. The zero-order valence-electron chi connectivity index (χ0n) is 4.85. The molecule has 0 aromatic rings. The fourth-order valence-electron chi connectivity index (χ4n) is 0.440. The SMILES string of the molecule is CC([NH3+])CCCO. The number of hydrogen-bond donors (Lipinski definition) is 2. The molecule has 0 amide bonds. The molecule has 2 nitrogen and oxygen atoms in total. The summed E-state index contributed by atoms with van der Waals surface area (Å²) in [6.07, 6.45) is 1.93. The van der Waals surface area contributed by atoms with E-state index in [2.05, 4.69) is 12.7 Å². The second kappa shape index (κ2) is 4.09. The van der Waals surface area contributed by atoms with E-state index in [4.69, 9.17) is 5.11 Å². The highest BCUT2D eigenvalue weighted by molar-refractivity contribution is 4.42. The standard InChI is InChI=1S/C5H13NO/c1-5(6)3-2-4-7/h5,7H,2-4,6H2,1H3/p+1. The average Bonchev–Trinajstić information content (AvgIpc) is 1.61. The third-order valence-electron chi connectivity index (χ3n) is 0.855. The third-order valence-corrected chi connectivity index (χ3v) is 0.855. The van der Waals surface area contributed by atoms with E-state index in [0.717, 1.165) is 12.8 Å². The Bertz CT molecular complexity index is 37.1. The Kier molecular flexibility index (Phi) is 4.04. The van der Waals surface area contributed by atoms with Crippen LogP contribution in [-0.4, -0.2) is 17.8 Å². The van der Waals surface area contributed by atoms with Crippen molar-refractivity contribution in [3.05, 3.63) is 0 Å². The van der Waals surface area contributed by atoms with Gasteiger partial charge in [0.15, 0.2) is 0 Å². The van der Waals surface area contributed by atoms with E-state index >= 15 is 0 Å². The molecule has 0 aliphatic carbocycles. The summed E-state index contributed by atoms with van der Waals surface area (Å²) >= 11 is 0. The first-order valence-corrected chi connectivity index (χ1v) is 2.71. The minimum absolute atomic E-state index is 0.305. The topological polar surface area (TPSA) is 47.9 Å². The lowest BCUT2D eigenvalue weighted by molar-refractivity contribution is -0.415. The molecule has 4 N–H and O–H groups in total. The Balaban J connectivity index is 2.68. The number of aliphatic hydroxyl groups is 1.